The number of hydrogen-bond donors (Lipinski definition) is 0. The van der Waals surface area contributed by atoms with Crippen molar-refractivity contribution in [3.8, 4) is 0 Å². The zero-order chi connectivity index (χ0) is 18.1. The van der Waals surface area contributed by atoms with E-state index in [0.29, 0.717) is 31.1 Å². The van der Waals surface area contributed by atoms with Crippen molar-refractivity contribution < 1.29 is 13.9 Å². The van der Waals surface area contributed by atoms with Crippen molar-refractivity contribution in [3.05, 3.63) is 45.5 Å². The Morgan fingerprint density at radius 2 is 2.12 bits per heavy atom. The molecule has 1 amide bonds. The number of aromatic nitrogens is 3. The summed E-state index contributed by atoms with van der Waals surface area (Å²) in [7, 11) is 0. The van der Waals surface area contributed by atoms with Gasteiger partial charge in [0.15, 0.2) is 5.89 Å². The van der Waals surface area contributed by atoms with Crippen LogP contribution in [0, 0.1) is 6.92 Å². The normalized spacial score (nSPS) is 18.0. The second kappa shape index (κ2) is 7.03. The van der Waals surface area contributed by atoms with Crippen molar-refractivity contribution in [3.63, 3.8) is 0 Å². The minimum Gasteiger partial charge on any atom is -0.445 e. The molecule has 8 nitrogen and oxygen atoms in total. The van der Waals surface area contributed by atoms with Crippen molar-refractivity contribution in [2.75, 3.05) is 19.8 Å². The van der Waals surface area contributed by atoms with Crippen molar-refractivity contribution in [1.29, 1.82) is 0 Å². The minimum atomic E-state index is -0.273. The lowest BCUT2D eigenvalue weighted by molar-refractivity contribution is -0.133. The first kappa shape index (κ1) is 17.0. The fraction of sp³-hybridized carbons (Fsp3) is 0.556. The first-order valence-corrected chi connectivity index (χ1v) is 8.99. The molecule has 1 saturated heterocycles. The largest absolute Gasteiger partial charge is 0.445 e. The molecule has 8 heteroatoms. The van der Waals surface area contributed by atoms with Gasteiger partial charge < -0.3 is 14.1 Å². The average Bonchev–Trinajstić information content (AvgIpc) is 3.08. The molecular formula is C18H22N4O4. The SMILES string of the molecule is Cc1ccc(=O)n(CC(=O)N2CCc3oc(C4CCOCC4)nc3C2)n1. The maximum Gasteiger partial charge on any atom is 0.267 e. The Labute approximate surface area is 150 Å². The predicted molar refractivity (Wildman–Crippen MR) is 91.7 cm³/mol. The summed E-state index contributed by atoms with van der Waals surface area (Å²) in [6, 6.07) is 3.07. The van der Waals surface area contributed by atoms with E-state index in [4.69, 9.17) is 9.15 Å². The molecule has 0 unspecified atom stereocenters. The van der Waals surface area contributed by atoms with E-state index in [1.54, 1.807) is 17.9 Å². The Hall–Kier alpha value is -2.48. The number of fused-ring (bicyclic) bond motifs is 1. The molecular weight excluding hydrogens is 336 g/mol. The van der Waals surface area contributed by atoms with Gasteiger partial charge in [-0.05, 0) is 25.8 Å². The van der Waals surface area contributed by atoms with Gasteiger partial charge in [-0.25, -0.2) is 9.67 Å². The van der Waals surface area contributed by atoms with Crippen LogP contribution >= 0.6 is 0 Å². The minimum absolute atomic E-state index is 0.0550. The summed E-state index contributed by atoms with van der Waals surface area (Å²) < 4.78 is 12.6. The molecule has 4 rings (SSSR count). The lowest BCUT2D eigenvalue weighted by Gasteiger charge is -2.25. The van der Waals surface area contributed by atoms with Gasteiger partial charge >= 0.3 is 0 Å². The summed E-state index contributed by atoms with van der Waals surface area (Å²) in [5, 5.41) is 4.13. The Balaban J connectivity index is 1.46. The van der Waals surface area contributed by atoms with Crippen LogP contribution in [0.25, 0.3) is 0 Å². The maximum atomic E-state index is 12.6. The number of aryl methyl sites for hydroxylation is 1. The molecule has 2 aliphatic rings. The van der Waals surface area contributed by atoms with E-state index < -0.39 is 0 Å². The molecule has 0 saturated carbocycles. The Bertz CT molecular complexity index is 866. The number of carbonyl (C=O) groups excluding carboxylic acids is 1. The third-order valence-corrected chi connectivity index (χ3v) is 4.95. The first-order chi connectivity index (χ1) is 12.6. The van der Waals surface area contributed by atoms with E-state index >= 15 is 0 Å². The van der Waals surface area contributed by atoms with E-state index in [-0.39, 0.29) is 18.0 Å². The molecule has 1 fully saturated rings. The van der Waals surface area contributed by atoms with Crippen LogP contribution in [0.2, 0.25) is 0 Å². The molecule has 2 aromatic rings. The third kappa shape index (κ3) is 3.41. The predicted octanol–water partition coefficient (Wildman–Crippen LogP) is 1.02. The lowest BCUT2D eigenvalue weighted by atomic mass is 10.0. The van der Waals surface area contributed by atoms with Crippen molar-refractivity contribution in [2.45, 2.75) is 45.2 Å². The van der Waals surface area contributed by atoms with Gasteiger partial charge in [-0.3, -0.25) is 9.59 Å². The number of rotatable bonds is 3. The molecule has 26 heavy (non-hydrogen) atoms. The first-order valence-electron chi connectivity index (χ1n) is 8.99. The molecule has 0 atom stereocenters. The monoisotopic (exact) mass is 358 g/mol. The van der Waals surface area contributed by atoms with Gasteiger partial charge in [0.2, 0.25) is 5.91 Å². The van der Waals surface area contributed by atoms with E-state index in [9.17, 15) is 9.59 Å². The van der Waals surface area contributed by atoms with Gasteiger partial charge in [0, 0.05) is 38.2 Å². The molecule has 4 heterocycles. The summed E-state index contributed by atoms with van der Waals surface area (Å²) >= 11 is 0. The number of hydrogen-bond acceptors (Lipinski definition) is 6. The average molecular weight is 358 g/mol. The molecule has 0 aromatic carbocycles. The number of amides is 1. The molecule has 0 aliphatic carbocycles. The summed E-state index contributed by atoms with van der Waals surface area (Å²) in [5.74, 6) is 1.81. The van der Waals surface area contributed by atoms with Crippen LogP contribution in [-0.4, -0.2) is 45.3 Å². The van der Waals surface area contributed by atoms with Crippen LogP contribution in [0.5, 0.6) is 0 Å². The van der Waals surface area contributed by atoms with Crippen molar-refractivity contribution in [2.24, 2.45) is 0 Å². The fourth-order valence-corrected chi connectivity index (χ4v) is 3.44. The molecule has 2 aliphatic heterocycles. The molecule has 138 valence electrons. The molecule has 0 bridgehead atoms. The molecule has 0 spiro atoms. The smallest absolute Gasteiger partial charge is 0.267 e. The summed E-state index contributed by atoms with van der Waals surface area (Å²) in [6.45, 7) is 4.19. The van der Waals surface area contributed by atoms with E-state index in [2.05, 4.69) is 10.1 Å². The van der Waals surface area contributed by atoms with E-state index in [1.165, 1.54) is 10.7 Å². The Kier molecular flexibility index (Phi) is 4.58. The Morgan fingerprint density at radius 3 is 2.92 bits per heavy atom. The highest BCUT2D eigenvalue weighted by molar-refractivity contribution is 5.76. The van der Waals surface area contributed by atoms with Crippen molar-refractivity contribution >= 4 is 5.91 Å². The topological polar surface area (TPSA) is 90.5 Å². The van der Waals surface area contributed by atoms with E-state index in [1.807, 2.05) is 0 Å². The summed E-state index contributed by atoms with van der Waals surface area (Å²) in [5.41, 5.74) is 1.26. The third-order valence-electron chi connectivity index (χ3n) is 4.95. The number of ether oxygens (including phenoxy) is 1. The quantitative estimate of drug-likeness (QED) is 0.814. The number of carbonyl (C=O) groups is 1. The van der Waals surface area contributed by atoms with Crippen LogP contribution in [0.4, 0.5) is 0 Å². The van der Waals surface area contributed by atoms with Gasteiger partial charge in [0.25, 0.3) is 5.56 Å². The van der Waals surface area contributed by atoms with Crippen LogP contribution in [0.15, 0.2) is 21.3 Å². The highest BCUT2D eigenvalue weighted by Crippen LogP contribution is 2.30. The van der Waals surface area contributed by atoms with Gasteiger partial charge in [-0.2, -0.15) is 5.10 Å². The number of oxazole rings is 1. The van der Waals surface area contributed by atoms with Gasteiger partial charge in [0.05, 0.1) is 12.2 Å². The standard InChI is InChI=1S/C18H22N4O4/c1-12-2-3-16(23)22(20-12)11-17(24)21-7-4-15-14(10-21)19-18(26-15)13-5-8-25-9-6-13/h2-3,13H,4-11H2,1H3. The second-order valence-electron chi connectivity index (χ2n) is 6.84. The van der Waals surface area contributed by atoms with Crippen LogP contribution in [0.3, 0.4) is 0 Å². The van der Waals surface area contributed by atoms with Gasteiger partial charge in [-0.1, -0.05) is 0 Å². The highest BCUT2D eigenvalue weighted by atomic mass is 16.5. The Morgan fingerprint density at radius 1 is 1.31 bits per heavy atom. The van der Waals surface area contributed by atoms with Crippen LogP contribution < -0.4 is 5.56 Å². The van der Waals surface area contributed by atoms with Crippen molar-refractivity contribution in [1.82, 2.24) is 19.7 Å². The zero-order valence-corrected chi connectivity index (χ0v) is 14.8. The number of nitrogens with zero attached hydrogens (tertiary/aromatic N) is 4. The van der Waals surface area contributed by atoms with Gasteiger partial charge in [0.1, 0.15) is 18.0 Å². The molecule has 0 radical (unpaired) electrons. The molecule has 0 N–H and O–H groups in total. The summed E-state index contributed by atoms with van der Waals surface area (Å²) in [6.07, 6.45) is 2.49. The highest BCUT2D eigenvalue weighted by Gasteiger charge is 2.28. The summed E-state index contributed by atoms with van der Waals surface area (Å²) in [4.78, 5) is 30.8. The second-order valence-corrected chi connectivity index (χ2v) is 6.84. The zero-order valence-electron chi connectivity index (χ0n) is 14.8. The van der Waals surface area contributed by atoms with Crippen LogP contribution in [-0.2, 0) is 29.0 Å². The lowest BCUT2D eigenvalue weighted by Crippen LogP contribution is -2.40. The van der Waals surface area contributed by atoms with Gasteiger partial charge in [-0.15, -0.1) is 0 Å². The molecule has 2 aromatic heterocycles. The van der Waals surface area contributed by atoms with E-state index in [0.717, 1.165) is 43.4 Å². The van der Waals surface area contributed by atoms with Crippen LogP contribution in [0.1, 0.15) is 41.8 Å². The fourth-order valence-electron chi connectivity index (χ4n) is 3.44. The maximum absolute atomic E-state index is 12.6.